The molecule has 0 unspecified atom stereocenters. The normalized spacial score (nSPS) is 6.55. The Morgan fingerprint density at radius 3 is 1.82 bits per heavy atom. The molecule has 0 radical (unpaired) electrons. The maximum atomic E-state index is 5.62. The van der Waals surface area contributed by atoms with Crippen molar-refractivity contribution in [2.24, 2.45) is 0 Å². The van der Waals surface area contributed by atoms with E-state index in [-0.39, 0.29) is 0 Å². The van der Waals surface area contributed by atoms with Gasteiger partial charge in [-0.2, -0.15) is 0 Å². The van der Waals surface area contributed by atoms with Gasteiger partial charge in [0.1, 0.15) is 0 Å². The Labute approximate surface area is 66.7 Å². The average molecular weight is 159 g/mol. The lowest BCUT2D eigenvalue weighted by atomic mass is 10.9. The number of ether oxygens (including phenoxy) is 1. The van der Waals surface area contributed by atoms with Gasteiger partial charge >= 0.3 is 6.02 Å². The van der Waals surface area contributed by atoms with E-state index in [9.17, 15) is 0 Å². The predicted molar refractivity (Wildman–Crippen MR) is 43.6 cm³/mol. The van der Waals surface area contributed by atoms with Crippen molar-refractivity contribution in [1.29, 1.82) is 10.8 Å². The minimum Gasteiger partial charge on any atom is -0.435 e. The topological polar surface area (TPSA) is 72.0 Å². The SMILES string of the molecule is CNC(OC)=[N+](C)C.N=C=N. The number of hydrogen-bond acceptors (Lipinski definition) is 3. The molecule has 64 valence electrons. The Hall–Kier alpha value is -1.35. The molecule has 11 heavy (non-hydrogen) atoms. The summed E-state index contributed by atoms with van der Waals surface area (Å²) in [5.41, 5.74) is 0. The molecule has 5 nitrogen and oxygen atoms in total. The first-order chi connectivity index (χ1) is 5.13. The van der Waals surface area contributed by atoms with Gasteiger partial charge in [-0.15, -0.1) is 0 Å². The molecule has 0 atom stereocenters. The molecule has 0 rings (SSSR count). The van der Waals surface area contributed by atoms with Crippen molar-refractivity contribution >= 4 is 12.0 Å². The fraction of sp³-hybridized carbons (Fsp3) is 0.667. The lowest BCUT2D eigenvalue weighted by molar-refractivity contribution is -0.476. The van der Waals surface area contributed by atoms with E-state index in [0.717, 1.165) is 6.02 Å². The second-order valence-electron chi connectivity index (χ2n) is 1.78. The molecule has 5 heteroatoms. The van der Waals surface area contributed by atoms with Gasteiger partial charge < -0.3 is 4.74 Å². The second-order valence-corrected chi connectivity index (χ2v) is 1.78. The molecule has 0 bridgehead atoms. The summed E-state index contributed by atoms with van der Waals surface area (Å²) >= 11 is 0. The Morgan fingerprint density at radius 2 is 1.82 bits per heavy atom. The van der Waals surface area contributed by atoms with Crippen LogP contribution in [0.5, 0.6) is 0 Å². The van der Waals surface area contributed by atoms with Gasteiger partial charge in [0.05, 0.1) is 34.3 Å². The van der Waals surface area contributed by atoms with E-state index >= 15 is 0 Å². The van der Waals surface area contributed by atoms with Gasteiger partial charge in [-0.05, 0) is 0 Å². The van der Waals surface area contributed by atoms with Crippen molar-refractivity contribution in [2.75, 3.05) is 28.3 Å². The predicted octanol–water partition coefficient (Wildman–Crippen LogP) is -0.202. The van der Waals surface area contributed by atoms with E-state index < -0.39 is 0 Å². The van der Waals surface area contributed by atoms with Crippen molar-refractivity contribution in [2.45, 2.75) is 0 Å². The molecule has 0 saturated carbocycles. The van der Waals surface area contributed by atoms with Gasteiger partial charge in [0.25, 0.3) is 0 Å². The zero-order valence-corrected chi connectivity index (χ0v) is 7.36. The van der Waals surface area contributed by atoms with Crippen molar-refractivity contribution in [3.8, 4) is 0 Å². The van der Waals surface area contributed by atoms with Gasteiger partial charge in [0.2, 0.25) is 0 Å². The van der Waals surface area contributed by atoms with Gasteiger partial charge in [0.15, 0.2) is 0 Å². The number of nitrogens with one attached hydrogen (secondary N) is 3. The van der Waals surface area contributed by atoms with Crippen LogP contribution in [0, 0.1) is 10.8 Å². The van der Waals surface area contributed by atoms with Crippen LogP contribution in [0.2, 0.25) is 0 Å². The van der Waals surface area contributed by atoms with Crippen LogP contribution in [-0.2, 0) is 4.74 Å². The number of nitrogens with zero attached hydrogens (tertiary/aromatic N) is 1. The standard InChI is InChI=1S/C5H12N2O.CH2N2/c1-6-5(8-4)7(2)3;2-1-3/h1-4H3;2-3H/p+1. The van der Waals surface area contributed by atoms with Gasteiger partial charge in [-0.3, -0.25) is 0 Å². The summed E-state index contributed by atoms with van der Waals surface area (Å²) in [5, 5.41) is 14.1. The second kappa shape index (κ2) is 8.65. The molecule has 0 aromatic carbocycles. The van der Waals surface area contributed by atoms with Crippen LogP contribution in [0.3, 0.4) is 0 Å². The van der Waals surface area contributed by atoms with E-state index in [2.05, 4.69) is 5.32 Å². The Kier molecular flexibility index (Phi) is 9.70. The van der Waals surface area contributed by atoms with Crippen LogP contribution in [0.4, 0.5) is 0 Å². The zero-order valence-electron chi connectivity index (χ0n) is 7.36. The maximum absolute atomic E-state index is 5.62. The summed E-state index contributed by atoms with van der Waals surface area (Å²) < 4.78 is 6.75. The van der Waals surface area contributed by atoms with E-state index in [4.69, 9.17) is 15.6 Å². The monoisotopic (exact) mass is 159 g/mol. The molecule has 0 spiro atoms. The van der Waals surface area contributed by atoms with Crippen LogP contribution in [-0.4, -0.2) is 44.9 Å². The van der Waals surface area contributed by atoms with E-state index in [1.165, 1.54) is 6.01 Å². The summed E-state index contributed by atoms with van der Waals surface area (Å²) in [6, 6.07) is 2.02. The summed E-state index contributed by atoms with van der Waals surface area (Å²) in [7, 11) is 7.27. The molecule has 0 fully saturated rings. The van der Waals surface area contributed by atoms with Crippen LogP contribution in [0.1, 0.15) is 0 Å². The molecular formula is C6H15N4O+. The summed E-state index contributed by atoms with van der Waals surface area (Å²) in [4.78, 5) is 0. The first-order valence-corrected chi connectivity index (χ1v) is 2.98. The van der Waals surface area contributed by atoms with E-state index in [0.29, 0.717) is 0 Å². The van der Waals surface area contributed by atoms with Gasteiger partial charge in [-0.25, -0.2) is 20.7 Å². The molecule has 0 heterocycles. The number of amidine groups is 1. The molecule has 0 aliphatic carbocycles. The first kappa shape index (κ1) is 12.3. The number of methoxy groups -OCH3 is 1. The van der Waals surface area contributed by atoms with Gasteiger partial charge in [0, 0.05) is 0 Å². The minimum absolute atomic E-state index is 0.769. The third-order valence-corrected chi connectivity index (χ3v) is 0.813. The Balaban J connectivity index is 0. The van der Waals surface area contributed by atoms with Crippen molar-refractivity contribution in [1.82, 2.24) is 5.32 Å². The largest absolute Gasteiger partial charge is 0.443 e. The minimum atomic E-state index is 0.769. The zero-order chi connectivity index (χ0) is 9.28. The molecule has 0 saturated heterocycles. The van der Waals surface area contributed by atoms with Crippen LogP contribution < -0.4 is 5.32 Å². The smallest absolute Gasteiger partial charge is 0.435 e. The Morgan fingerprint density at radius 1 is 1.45 bits per heavy atom. The molecule has 0 aromatic heterocycles. The van der Waals surface area contributed by atoms with Crippen LogP contribution in [0.15, 0.2) is 0 Å². The van der Waals surface area contributed by atoms with Crippen molar-refractivity contribution < 1.29 is 9.31 Å². The lowest BCUT2D eigenvalue weighted by Gasteiger charge is -1.97. The average Bonchev–Trinajstić information content (AvgIpc) is 1.91. The molecular weight excluding hydrogens is 144 g/mol. The van der Waals surface area contributed by atoms with Crippen LogP contribution >= 0.6 is 0 Å². The van der Waals surface area contributed by atoms with E-state index in [1.807, 2.05) is 25.7 Å². The maximum Gasteiger partial charge on any atom is 0.443 e. The van der Waals surface area contributed by atoms with Crippen molar-refractivity contribution in [3.05, 3.63) is 0 Å². The highest BCUT2D eigenvalue weighted by Gasteiger charge is 1.99. The first-order valence-electron chi connectivity index (χ1n) is 2.98. The highest BCUT2D eigenvalue weighted by Crippen LogP contribution is 1.66. The third kappa shape index (κ3) is 8.65. The summed E-state index contributed by atoms with van der Waals surface area (Å²) in [6.45, 7) is 0. The molecule has 0 aliphatic rings. The molecule has 0 amide bonds. The quantitative estimate of drug-likeness (QED) is 0.260. The van der Waals surface area contributed by atoms with Crippen LogP contribution in [0.25, 0.3) is 0 Å². The summed E-state index contributed by atoms with van der Waals surface area (Å²) in [6.07, 6.45) is 0. The summed E-state index contributed by atoms with van der Waals surface area (Å²) in [5.74, 6) is 0. The number of rotatable bonds is 0. The highest BCUT2D eigenvalue weighted by atomic mass is 16.5. The van der Waals surface area contributed by atoms with Crippen molar-refractivity contribution in [3.63, 3.8) is 0 Å². The fourth-order valence-electron chi connectivity index (χ4n) is 0.508. The molecule has 0 aliphatic heterocycles. The molecule has 0 aromatic rings. The van der Waals surface area contributed by atoms with Gasteiger partial charge in [-0.1, -0.05) is 0 Å². The lowest BCUT2D eigenvalue weighted by Crippen LogP contribution is -2.28. The van der Waals surface area contributed by atoms with E-state index in [1.54, 1.807) is 7.11 Å². The fourth-order valence-corrected chi connectivity index (χ4v) is 0.508. The highest BCUT2D eigenvalue weighted by molar-refractivity contribution is 5.67. The Bertz CT molecular complexity index is 148. The third-order valence-electron chi connectivity index (χ3n) is 0.813. The molecule has 3 N–H and O–H groups in total. The number of hydrogen-bond donors (Lipinski definition) is 3.